The highest BCUT2D eigenvalue weighted by molar-refractivity contribution is 5.98. The molecule has 0 radical (unpaired) electrons. The molecule has 2 rings (SSSR count). The van der Waals surface area contributed by atoms with Gasteiger partial charge in [0.25, 0.3) is 0 Å². The Labute approximate surface area is 132 Å². The normalized spacial score (nSPS) is 14.4. The number of hydrogen-bond acceptors (Lipinski definition) is 2. The smallest absolute Gasteiger partial charge is 0.168 e. The monoisotopic (exact) mass is 296 g/mol. The first-order valence-corrected chi connectivity index (χ1v) is 7.68. The van der Waals surface area contributed by atoms with Crippen molar-refractivity contribution in [3.63, 3.8) is 0 Å². The number of aliphatic hydroxyl groups is 1. The minimum atomic E-state index is -0.659. The van der Waals surface area contributed by atoms with E-state index < -0.39 is 12.0 Å². The lowest BCUT2D eigenvalue weighted by Gasteiger charge is -2.30. The van der Waals surface area contributed by atoms with Crippen LogP contribution in [0.4, 0.5) is 0 Å². The van der Waals surface area contributed by atoms with Gasteiger partial charge in [-0.2, -0.15) is 0 Å². The van der Waals surface area contributed by atoms with Crippen molar-refractivity contribution in [3.05, 3.63) is 60.2 Å². The second-order valence-corrected chi connectivity index (χ2v) is 6.91. The van der Waals surface area contributed by atoms with Crippen molar-refractivity contribution < 1.29 is 9.90 Å². The third-order valence-corrected chi connectivity index (χ3v) is 4.05. The van der Waals surface area contributed by atoms with Gasteiger partial charge in [-0.1, -0.05) is 82.3 Å². The summed E-state index contributed by atoms with van der Waals surface area (Å²) in [6.07, 6.45) is -0.659. The predicted octanol–water partition coefficient (Wildman–Crippen LogP) is 4.58. The Morgan fingerprint density at radius 1 is 0.909 bits per heavy atom. The van der Waals surface area contributed by atoms with Crippen molar-refractivity contribution >= 4 is 5.78 Å². The summed E-state index contributed by atoms with van der Waals surface area (Å²) in [7, 11) is 0. The number of ketones is 1. The SMILES string of the molecule is CC(C(=O)c1ccc(-c2ccccc2)cc1)C(O)C(C)(C)C. The van der Waals surface area contributed by atoms with E-state index in [-0.39, 0.29) is 11.2 Å². The molecule has 1 N–H and O–H groups in total. The summed E-state index contributed by atoms with van der Waals surface area (Å²) in [6.45, 7) is 7.63. The average molecular weight is 296 g/mol. The molecule has 2 unspecified atom stereocenters. The average Bonchev–Trinajstić information content (AvgIpc) is 2.53. The summed E-state index contributed by atoms with van der Waals surface area (Å²) in [4.78, 5) is 12.5. The van der Waals surface area contributed by atoms with Crippen LogP contribution in [-0.2, 0) is 0 Å². The van der Waals surface area contributed by atoms with Crippen LogP contribution in [0.15, 0.2) is 54.6 Å². The number of carbonyl (C=O) groups excluding carboxylic acids is 1. The van der Waals surface area contributed by atoms with Crippen LogP contribution in [-0.4, -0.2) is 17.0 Å². The van der Waals surface area contributed by atoms with Crippen molar-refractivity contribution in [1.82, 2.24) is 0 Å². The predicted molar refractivity (Wildman–Crippen MR) is 90.8 cm³/mol. The zero-order chi connectivity index (χ0) is 16.3. The first kappa shape index (κ1) is 16.4. The van der Waals surface area contributed by atoms with Crippen molar-refractivity contribution in [2.45, 2.75) is 33.8 Å². The van der Waals surface area contributed by atoms with Crippen LogP contribution in [0.5, 0.6) is 0 Å². The molecule has 116 valence electrons. The van der Waals surface area contributed by atoms with Gasteiger partial charge in [0.2, 0.25) is 0 Å². The molecule has 0 amide bonds. The molecule has 2 nitrogen and oxygen atoms in total. The summed E-state index contributed by atoms with van der Waals surface area (Å²) < 4.78 is 0. The molecule has 22 heavy (non-hydrogen) atoms. The molecule has 2 aromatic rings. The molecule has 0 saturated heterocycles. The number of rotatable bonds is 4. The van der Waals surface area contributed by atoms with Gasteiger partial charge in [-0.15, -0.1) is 0 Å². The lowest BCUT2D eigenvalue weighted by molar-refractivity contribution is 0.0194. The summed E-state index contributed by atoms with van der Waals surface area (Å²) in [5.74, 6) is -0.426. The van der Waals surface area contributed by atoms with Crippen molar-refractivity contribution in [3.8, 4) is 11.1 Å². The van der Waals surface area contributed by atoms with E-state index in [1.165, 1.54) is 0 Å². The third-order valence-electron chi connectivity index (χ3n) is 4.05. The highest BCUT2D eigenvalue weighted by atomic mass is 16.3. The molecule has 0 bridgehead atoms. The molecular formula is C20H24O2. The van der Waals surface area contributed by atoms with Gasteiger partial charge < -0.3 is 5.11 Å². The number of carbonyl (C=O) groups is 1. The molecule has 2 heteroatoms. The zero-order valence-corrected chi connectivity index (χ0v) is 13.7. The maximum absolute atomic E-state index is 12.5. The molecule has 0 aliphatic carbocycles. The largest absolute Gasteiger partial charge is 0.392 e. The molecule has 0 fully saturated rings. The second kappa shape index (κ2) is 6.45. The van der Waals surface area contributed by atoms with Crippen LogP contribution in [0, 0.1) is 11.3 Å². The second-order valence-electron chi connectivity index (χ2n) is 6.91. The van der Waals surface area contributed by atoms with Crippen LogP contribution < -0.4 is 0 Å². The van der Waals surface area contributed by atoms with Gasteiger partial charge in [-0.25, -0.2) is 0 Å². The van der Waals surface area contributed by atoms with Gasteiger partial charge >= 0.3 is 0 Å². The molecule has 0 aliphatic heterocycles. The lowest BCUT2D eigenvalue weighted by Crippen LogP contribution is -2.36. The molecule has 0 aromatic heterocycles. The molecule has 0 spiro atoms. The minimum absolute atomic E-state index is 0.0120. The Morgan fingerprint density at radius 2 is 1.41 bits per heavy atom. The van der Waals surface area contributed by atoms with Gasteiger partial charge in [0.05, 0.1) is 6.10 Å². The van der Waals surface area contributed by atoms with Gasteiger partial charge in [0, 0.05) is 11.5 Å². The quantitative estimate of drug-likeness (QED) is 0.839. The van der Waals surface area contributed by atoms with E-state index in [0.29, 0.717) is 5.56 Å². The number of benzene rings is 2. The first-order chi connectivity index (χ1) is 10.3. The van der Waals surface area contributed by atoms with E-state index in [1.54, 1.807) is 6.92 Å². The van der Waals surface area contributed by atoms with Crippen molar-refractivity contribution in [1.29, 1.82) is 0 Å². The Bertz CT molecular complexity index is 621. The van der Waals surface area contributed by atoms with Gasteiger partial charge in [0.1, 0.15) is 0 Å². The van der Waals surface area contributed by atoms with Crippen LogP contribution >= 0.6 is 0 Å². The molecule has 2 aromatic carbocycles. The Balaban J connectivity index is 2.18. The maximum atomic E-state index is 12.5. The summed E-state index contributed by atoms with van der Waals surface area (Å²) >= 11 is 0. The number of hydrogen-bond donors (Lipinski definition) is 1. The fraction of sp³-hybridized carbons (Fsp3) is 0.350. The molecule has 0 aliphatic rings. The highest BCUT2D eigenvalue weighted by Gasteiger charge is 2.32. The van der Waals surface area contributed by atoms with E-state index >= 15 is 0 Å². The highest BCUT2D eigenvalue weighted by Crippen LogP contribution is 2.28. The van der Waals surface area contributed by atoms with E-state index in [2.05, 4.69) is 0 Å². The Morgan fingerprint density at radius 3 is 1.91 bits per heavy atom. The number of Topliss-reactive ketones (excluding diaryl/α,β-unsaturated/α-hetero) is 1. The summed E-state index contributed by atoms with van der Waals surface area (Å²) in [5, 5.41) is 10.3. The lowest BCUT2D eigenvalue weighted by atomic mass is 9.79. The molecular weight excluding hydrogens is 272 g/mol. The molecule has 2 atom stereocenters. The van der Waals surface area contributed by atoms with E-state index in [9.17, 15) is 9.90 Å². The van der Waals surface area contributed by atoms with E-state index in [4.69, 9.17) is 0 Å². The van der Waals surface area contributed by atoms with Crippen LogP contribution in [0.25, 0.3) is 11.1 Å². The van der Waals surface area contributed by atoms with Gasteiger partial charge in [-0.3, -0.25) is 4.79 Å². The minimum Gasteiger partial charge on any atom is -0.392 e. The van der Waals surface area contributed by atoms with E-state index in [0.717, 1.165) is 11.1 Å². The van der Waals surface area contributed by atoms with Crippen LogP contribution in [0.2, 0.25) is 0 Å². The topological polar surface area (TPSA) is 37.3 Å². The molecule has 0 saturated carbocycles. The standard InChI is InChI=1S/C20H24O2/c1-14(19(22)20(2,3)4)18(21)17-12-10-16(11-13-17)15-8-6-5-7-9-15/h5-14,19,22H,1-4H3. The van der Waals surface area contributed by atoms with Crippen LogP contribution in [0.1, 0.15) is 38.1 Å². The number of aliphatic hydroxyl groups excluding tert-OH is 1. The Hall–Kier alpha value is -1.93. The fourth-order valence-corrected chi connectivity index (χ4v) is 2.61. The van der Waals surface area contributed by atoms with Crippen LogP contribution in [0.3, 0.4) is 0 Å². The van der Waals surface area contributed by atoms with Crippen molar-refractivity contribution in [2.24, 2.45) is 11.3 Å². The first-order valence-electron chi connectivity index (χ1n) is 7.68. The fourth-order valence-electron chi connectivity index (χ4n) is 2.61. The molecule has 0 heterocycles. The van der Waals surface area contributed by atoms with Gasteiger partial charge in [-0.05, 0) is 16.5 Å². The Kier molecular flexibility index (Phi) is 4.82. The summed E-state index contributed by atoms with van der Waals surface area (Å²) in [6, 6.07) is 17.7. The third kappa shape index (κ3) is 3.63. The van der Waals surface area contributed by atoms with Crippen molar-refractivity contribution in [2.75, 3.05) is 0 Å². The summed E-state index contributed by atoms with van der Waals surface area (Å²) in [5.41, 5.74) is 2.56. The zero-order valence-electron chi connectivity index (χ0n) is 13.7. The van der Waals surface area contributed by atoms with Gasteiger partial charge in [0.15, 0.2) is 5.78 Å². The van der Waals surface area contributed by atoms with E-state index in [1.807, 2.05) is 75.4 Å². The maximum Gasteiger partial charge on any atom is 0.168 e.